The zero-order valence-corrected chi connectivity index (χ0v) is 18.2. The van der Waals surface area contributed by atoms with E-state index >= 15 is 0 Å². The number of aryl methyl sites for hydroxylation is 2. The number of nitrogens with zero attached hydrogens (tertiary/aromatic N) is 3. The molecule has 1 fully saturated rings. The Labute approximate surface area is 179 Å². The van der Waals surface area contributed by atoms with Gasteiger partial charge in [0.25, 0.3) is 5.91 Å². The van der Waals surface area contributed by atoms with Crippen LogP contribution in [0.1, 0.15) is 35.4 Å². The number of hydrogen-bond donors (Lipinski definition) is 1. The molecule has 3 heterocycles. The number of rotatable bonds is 5. The first-order valence-corrected chi connectivity index (χ1v) is 10.8. The van der Waals surface area contributed by atoms with E-state index in [1.165, 1.54) is 11.3 Å². The van der Waals surface area contributed by atoms with E-state index in [2.05, 4.69) is 14.9 Å². The number of ether oxygens (including phenoxy) is 1. The highest BCUT2D eigenvalue weighted by molar-refractivity contribution is 7.22. The van der Waals surface area contributed by atoms with Gasteiger partial charge >= 0.3 is 0 Å². The number of carbonyl (C=O) groups is 1. The lowest BCUT2D eigenvalue weighted by molar-refractivity contribution is -0.112. The second-order valence-electron chi connectivity index (χ2n) is 7.69. The summed E-state index contributed by atoms with van der Waals surface area (Å²) in [5.41, 5.74) is 5.02. The van der Waals surface area contributed by atoms with E-state index in [1.54, 1.807) is 6.08 Å². The quantitative estimate of drug-likeness (QED) is 0.477. The Morgan fingerprint density at radius 1 is 1.40 bits per heavy atom. The monoisotopic (exact) mass is 420 g/mol. The molecule has 0 saturated carbocycles. The van der Waals surface area contributed by atoms with E-state index in [-0.39, 0.29) is 11.7 Å². The molecule has 1 aliphatic heterocycles. The first-order chi connectivity index (χ1) is 14.4. The van der Waals surface area contributed by atoms with Gasteiger partial charge in [-0.1, -0.05) is 17.4 Å². The van der Waals surface area contributed by atoms with Crippen molar-refractivity contribution in [1.29, 1.82) is 5.26 Å². The zero-order chi connectivity index (χ0) is 21.3. The number of anilines is 1. The van der Waals surface area contributed by atoms with Crippen molar-refractivity contribution in [3.63, 3.8) is 0 Å². The topological polar surface area (TPSA) is 79.9 Å². The lowest BCUT2D eigenvalue weighted by Gasteiger charge is -2.14. The van der Waals surface area contributed by atoms with E-state index in [1.807, 2.05) is 51.1 Å². The summed E-state index contributed by atoms with van der Waals surface area (Å²) in [4.78, 5) is 17.2. The minimum atomic E-state index is -0.447. The number of thiazole rings is 1. The van der Waals surface area contributed by atoms with Crippen LogP contribution in [0.2, 0.25) is 0 Å². The molecule has 1 aliphatic rings. The van der Waals surface area contributed by atoms with Gasteiger partial charge in [-0.25, -0.2) is 4.98 Å². The SMILES string of the molecule is Cc1ccc2nc(NC(=O)/C(C#N)=C/c3cc(C)n(CC4CCCO4)c3C)sc2c1. The second kappa shape index (κ2) is 8.42. The normalized spacial score (nSPS) is 16.7. The minimum Gasteiger partial charge on any atom is -0.376 e. The summed E-state index contributed by atoms with van der Waals surface area (Å²) in [5, 5.41) is 12.8. The number of amides is 1. The summed E-state index contributed by atoms with van der Waals surface area (Å²) < 4.78 is 8.96. The average molecular weight is 421 g/mol. The van der Waals surface area contributed by atoms with E-state index < -0.39 is 5.91 Å². The Morgan fingerprint density at radius 2 is 2.23 bits per heavy atom. The third-order valence-corrected chi connectivity index (χ3v) is 6.39. The molecule has 1 amide bonds. The molecule has 0 spiro atoms. The molecule has 1 unspecified atom stereocenters. The summed E-state index contributed by atoms with van der Waals surface area (Å²) in [7, 11) is 0. The first kappa shape index (κ1) is 20.3. The Bertz CT molecular complexity index is 1180. The van der Waals surface area contributed by atoms with Gasteiger partial charge in [0.2, 0.25) is 0 Å². The Balaban J connectivity index is 1.55. The maximum Gasteiger partial charge on any atom is 0.268 e. The van der Waals surface area contributed by atoms with Crippen molar-refractivity contribution < 1.29 is 9.53 Å². The molecule has 0 radical (unpaired) electrons. The summed E-state index contributed by atoms with van der Waals surface area (Å²) in [6, 6.07) is 10.00. The van der Waals surface area contributed by atoms with Crippen molar-refractivity contribution in [2.24, 2.45) is 0 Å². The van der Waals surface area contributed by atoms with E-state index in [0.29, 0.717) is 5.13 Å². The highest BCUT2D eigenvalue weighted by atomic mass is 32.1. The van der Waals surface area contributed by atoms with Crippen molar-refractivity contribution in [3.05, 3.63) is 52.4 Å². The third kappa shape index (κ3) is 4.16. The van der Waals surface area contributed by atoms with Gasteiger partial charge in [-0.2, -0.15) is 5.26 Å². The fourth-order valence-corrected chi connectivity index (χ4v) is 4.76. The largest absolute Gasteiger partial charge is 0.376 e. The molecule has 1 atom stereocenters. The molecule has 30 heavy (non-hydrogen) atoms. The maximum absolute atomic E-state index is 12.7. The highest BCUT2D eigenvalue weighted by Crippen LogP contribution is 2.27. The van der Waals surface area contributed by atoms with Gasteiger partial charge < -0.3 is 9.30 Å². The molecule has 4 rings (SSSR count). The summed E-state index contributed by atoms with van der Waals surface area (Å²) in [6.07, 6.45) is 4.05. The molecular weight excluding hydrogens is 396 g/mol. The fourth-order valence-electron chi connectivity index (χ4n) is 3.80. The van der Waals surface area contributed by atoms with Crippen LogP contribution in [-0.4, -0.2) is 28.2 Å². The molecule has 7 heteroatoms. The maximum atomic E-state index is 12.7. The van der Waals surface area contributed by atoms with Crippen LogP contribution >= 0.6 is 11.3 Å². The van der Waals surface area contributed by atoms with Gasteiger partial charge in [0.15, 0.2) is 5.13 Å². The summed E-state index contributed by atoms with van der Waals surface area (Å²) in [5.74, 6) is -0.447. The molecule has 6 nitrogen and oxygen atoms in total. The van der Waals surface area contributed by atoms with Crippen LogP contribution in [0.3, 0.4) is 0 Å². The van der Waals surface area contributed by atoms with Crippen molar-refractivity contribution in [1.82, 2.24) is 9.55 Å². The Kier molecular flexibility index (Phi) is 5.71. The van der Waals surface area contributed by atoms with Crippen LogP contribution in [-0.2, 0) is 16.1 Å². The smallest absolute Gasteiger partial charge is 0.268 e. The Hall–Kier alpha value is -2.95. The average Bonchev–Trinajstić information content (AvgIpc) is 3.42. The number of nitriles is 1. The van der Waals surface area contributed by atoms with Crippen molar-refractivity contribution >= 4 is 38.7 Å². The summed E-state index contributed by atoms with van der Waals surface area (Å²) in [6.45, 7) is 7.68. The highest BCUT2D eigenvalue weighted by Gasteiger charge is 2.19. The van der Waals surface area contributed by atoms with E-state index in [4.69, 9.17) is 4.74 Å². The lowest BCUT2D eigenvalue weighted by atomic mass is 10.1. The van der Waals surface area contributed by atoms with Gasteiger partial charge in [0, 0.05) is 24.5 Å². The van der Waals surface area contributed by atoms with Gasteiger partial charge in [0.1, 0.15) is 11.6 Å². The van der Waals surface area contributed by atoms with Gasteiger partial charge in [-0.15, -0.1) is 0 Å². The van der Waals surface area contributed by atoms with Gasteiger partial charge in [0.05, 0.1) is 16.3 Å². The molecule has 3 aromatic rings. The number of carbonyl (C=O) groups excluding carboxylic acids is 1. The lowest BCUT2D eigenvalue weighted by Crippen LogP contribution is -2.17. The molecular formula is C23H24N4O2S. The van der Waals surface area contributed by atoms with Crippen molar-refractivity contribution in [3.8, 4) is 6.07 Å². The van der Waals surface area contributed by atoms with E-state index in [9.17, 15) is 10.1 Å². The fraction of sp³-hybridized carbons (Fsp3) is 0.348. The minimum absolute atomic E-state index is 0.0582. The molecule has 154 valence electrons. The van der Waals surface area contributed by atoms with Crippen LogP contribution in [0.25, 0.3) is 16.3 Å². The number of benzene rings is 1. The van der Waals surface area contributed by atoms with Crippen molar-refractivity contribution in [2.45, 2.75) is 46.3 Å². The summed E-state index contributed by atoms with van der Waals surface area (Å²) >= 11 is 1.40. The van der Waals surface area contributed by atoms with Crippen LogP contribution in [0.4, 0.5) is 5.13 Å². The molecule has 1 N–H and O–H groups in total. The van der Waals surface area contributed by atoms with Crippen LogP contribution in [0.15, 0.2) is 29.8 Å². The number of aromatic nitrogens is 2. The predicted octanol–water partition coefficient (Wildman–Crippen LogP) is 4.75. The second-order valence-corrected chi connectivity index (χ2v) is 8.72. The van der Waals surface area contributed by atoms with Gasteiger partial charge in [-0.3, -0.25) is 10.1 Å². The molecule has 1 aromatic carbocycles. The molecule has 0 bridgehead atoms. The molecule has 2 aromatic heterocycles. The van der Waals surface area contributed by atoms with Crippen LogP contribution in [0, 0.1) is 32.1 Å². The standard InChI is InChI=1S/C23H24N4O2S/c1-14-6-7-20-21(9-14)30-23(25-20)26-22(28)18(12-24)11-17-10-15(2)27(16(17)3)13-19-5-4-8-29-19/h6-7,9-11,19H,4-5,8,13H2,1-3H3,(H,25,26,28)/b18-11+. The molecule has 1 saturated heterocycles. The zero-order valence-electron chi connectivity index (χ0n) is 17.4. The number of hydrogen-bond acceptors (Lipinski definition) is 5. The number of fused-ring (bicyclic) bond motifs is 1. The predicted molar refractivity (Wildman–Crippen MR) is 119 cm³/mol. The molecule has 0 aliphatic carbocycles. The van der Waals surface area contributed by atoms with Crippen LogP contribution in [0.5, 0.6) is 0 Å². The Morgan fingerprint density at radius 3 is 2.97 bits per heavy atom. The first-order valence-electron chi connectivity index (χ1n) is 10.0. The van der Waals surface area contributed by atoms with Gasteiger partial charge in [-0.05, 0) is 69.0 Å². The van der Waals surface area contributed by atoms with Crippen molar-refractivity contribution in [2.75, 3.05) is 11.9 Å². The van der Waals surface area contributed by atoms with E-state index in [0.717, 1.165) is 58.7 Å². The third-order valence-electron chi connectivity index (χ3n) is 5.45. The number of nitrogens with one attached hydrogen (secondary N) is 1. The van der Waals surface area contributed by atoms with Crippen LogP contribution < -0.4 is 5.32 Å².